The molecule has 2 rings (SSSR count). The third-order valence-electron chi connectivity index (χ3n) is 2.66. The van der Waals surface area contributed by atoms with Crippen molar-refractivity contribution in [1.29, 1.82) is 0 Å². The molecule has 2 aromatic rings. The van der Waals surface area contributed by atoms with E-state index in [-0.39, 0.29) is 5.56 Å². The van der Waals surface area contributed by atoms with Gasteiger partial charge in [0, 0.05) is 0 Å². The van der Waals surface area contributed by atoms with Crippen molar-refractivity contribution in [3.8, 4) is 0 Å². The van der Waals surface area contributed by atoms with E-state index in [4.69, 9.17) is 5.11 Å². The van der Waals surface area contributed by atoms with Crippen molar-refractivity contribution in [2.75, 3.05) is 4.90 Å². The minimum atomic E-state index is -0.961. The molecule has 98 valence electrons. The standard InChI is InChI=1S/C13H12N2O3S/c1-9-12(19-7-14-9)15(8-16)6-10-2-4-11(5-3-10)13(17)18/h2-5,7-8H,6H2,1H3,(H,17,18). The summed E-state index contributed by atoms with van der Waals surface area (Å²) < 4.78 is 0. The summed E-state index contributed by atoms with van der Waals surface area (Å²) in [6, 6.07) is 6.47. The second-order valence-corrected chi connectivity index (χ2v) is 4.81. The van der Waals surface area contributed by atoms with Gasteiger partial charge in [0.1, 0.15) is 5.00 Å². The third kappa shape index (κ3) is 2.97. The lowest BCUT2D eigenvalue weighted by molar-refractivity contribution is -0.107. The summed E-state index contributed by atoms with van der Waals surface area (Å²) in [7, 11) is 0. The summed E-state index contributed by atoms with van der Waals surface area (Å²) in [5.74, 6) is -0.961. The minimum absolute atomic E-state index is 0.232. The van der Waals surface area contributed by atoms with Gasteiger partial charge in [-0.25, -0.2) is 9.78 Å². The molecule has 1 aromatic heterocycles. The molecule has 1 amide bonds. The Bertz CT molecular complexity index is 592. The van der Waals surface area contributed by atoms with E-state index in [1.807, 2.05) is 6.92 Å². The Morgan fingerprint density at radius 1 is 1.42 bits per heavy atom. The van der Waals surface area contributed by atoms with Crippen LogP contribution in [0.4, 0.5) is 5.00 Å². The number of carboxylic acids is 1. The molecule has 1 aromatic carbocycles. The van der Waals surface area contributed by atoms with E-state index >= 15 is 0 Å². The van der Waals surface area contributed by atoms with Gasteiger partial charge in [-0.15, -0.1) is 11.3 Å². The van der Waals surface area contributed by atoms with Gasteiger partial charge in [0.25, 0.3) is 0 Å². The lowest BCUT2D eigenvalue weighted by Gasteiger charge is -2.15. The first kappa shape index (κ1) is 13.2. The predicted octanol–water partition coefficient (Wildman–Crippen LogP) is 2.31. The zero-order valence-electron chi connectivity index (χ0n) is 10.2. The van der Waals surface area contributed by atoms with Gasteiger partial charge in [-0.05, 0) is 24.6 Å². The highest BCUT2D eigenvalue weighted by Crippen LogP contribution is 2.24. The molecule has 0 radical (unpaired) electrons. The number of rotatable bonds is 5. The van der Waals surface area contributed by atoms with Crippen LogP contribution in [0.5, 0.6) is 0 Å². The van der Waals surface area contributed by atoms with Crippen molar-refractivity contribution in [2.45, 2.75) is 13.5 Å². The van der Waals surface area contributed by atoms with Crippen molar-refractivity contribution < 1.29 is 14.7 Å². The van der Waals surface area contributed by atoms with Crippen LogP contribution in [0.2, 0.25) is 0 Å². The number of nitrogens with zero attached hydrogens (tertiary/aromatic N) is 2. The number of anilines is 1. The summed E-state index contributed by atoms with van der Waals surface area (Å²) in [5, 5.41) is 9.62. The van der Waals surface area contributed by atoms with E-state index in [1.165, 1.54) is 23.5 Å². The number of hydrogen-bond donors (Lipinski definition) is 1. The third-order valence-corrected chi connectivity index (χ3v) is 3.63. The molecule has 0 saturated carbocycles. The first-order chi connectivity index (χ1) is 9.11. The molecule has 0 atom stereocenters. The lowest BCUT2D eigenvalue weighted by atomic mass is 10.1. The van der Waals surface area contributed by atoms with Crippen LogP contribution < -0.4 is 4.90 Å². The van der Waals surface area contributed by atoms with E-state index in [2.05, 4.69) is 4.98 Å². The summed E-state index contributed by atoms with van der Waals surface area (Å²) in [4.78, 5) is 27.6. The quantitative estimate of drug-likeness (QED) is 0.851. The molecule has 6 heteroatoms. The molecular weight excluding hydrogens is 264 g/mol. The second kappa shape index (κ2) is 5.62. The first-order valence-electron chi connectivity index (χ1n) is 5.56. The van der Waals surface area contributed by atoms with Crippen molar-refractivity contribution in [2.24, 2.45) is 0 Å². The molecular formula is C13H12N2O3S. The molecule has 0 saturated heterocycles. The maximum atomic E-state index is 11.1. The summed E-state index contributed by atoms with van der Waals surface area (Å²) >= 11 is 1.40. The Morgan fingerprint density at radius 2 is 2.11 bits per heavy atom. The number of aromatic nitrogens is 1. The van der Waals surface area contributed by atoms with Crippen molar-refractivity contribution in [3.05, 3.63) is 46.6 Å². The summed E-state index contributed by atoms with van der Waals surface area (Å²) in [6.45, 7) is 2.24. The highest BCUT2D eigenvalue weighted by atomic mass is 32.1. The Balaban J connectivity index is 2.17. The molecule has 0 aliphatic heterocycles. The Labute approximate surface area is 114 Å². The number of aromatic carboxylic acids is 1. The van der Waals surface area contributed by atoms with E-state index in [1.54, 1.807) is 22.5 Å². The fraction of sp³-hybridized carbons (Fsp3) is 0.154. The SMILES string of the molecule is Cc1ncsc1N(C=O)Cc1ccc(C(=O)O)cc1. The van der Waals surface area contributed by atoms with Gasteiger partial charge >= 0.3 is 5.97 Å². The van der Waals surface area contributed by atoms with Crippen molar-refractivity contribution >= 4 is 28.7 Å². The number of amides is 1. The minimum Gasteiger partial charge on any atom is -0.478 e. The fourth-order valence-electron chi connectivity index (χ4n) is 1.68. The highest BCUT2D eigenvalue weighted by Gasteiger charge is 2.12. The van der Waals surface area contributed by atoms with Gasteiger partial charge in [-0.3, -0.25) is 4.79 Å². The molecule has 0 spiro atoms. The fourth-order valence-corrected chi connectivity index (χ4v) is 2.45. The van der Waals surface area contributed by atoms with Crippen LogP contribution in [0.3, 0.4) is 0 Å². The molecule has 19 heavy (non-hydrogen) atoms. The topological polar surface area (TPSA) is 70.5 Å². The van der Waals surface area contributed by atoms with Crippen LogP contribution in [0.25, 0.3) is 0 Å². The molecule has 0 fully saturated rings. The van der Waals surface area contributed by atoms with Crippen LogP contribution in [0.1, 0.15) is 21.6 Å². The van der Waals surface area contributed by atoms with Gasteiger partial charge in [-0.1, -0.05) is 12.1 Å². The van der Waals surface area contributed by atoms with Gasteiger partial charge in [-0.2, -0.15) is 0 Å². The number of carboxylic acid groups (broad SMARTS) is 1. The van der Waals surface area contributed by atoms with Gasteiger partial charge in [0.15, 0.2) is 0 Å². The monoisotopic (exact) mass is 276 g/mol. The van der Waals surface area contributed by atoms with Gasteiger partial charge in [0.05, 0.1) is 23.3 Å². The average Bonchev–Trinajstić information content (AvgIpc) is 2.83. The van der Waals surface area contributed by atoms with Gasteiger partial charge < -0.3 is 10.0 Å². The van der Waals surface area contributed by atoms with Crippen LogP contribution >= 0.6 is 11.3 Å². The number of hydrogen-bond acceptors (Lipinski definition) is 4. The van der Waals surface area contributed by atoms with E-state index < -0.39 is 5.97 Å². The molecule has 1 N–H and O–H groups in total. The van der Waals surface area contributed by atoms with E-state index in [0.717, 1.165) is 22.7 Å². The number of benzene rings is 1. The largest absolute Gasteiger partial charge is 0.478 e. The Kier molecular flexibility index (Phi) is 3.91. The second-order valence-electron chi connectivity index (χ2n) is 3.98. The number of aryl methyl sites for hydroxylation is 1. The smallest absolute Gasteiger partial charge is 0.335 e. The molecule has 5 nitrogen and oxygen atoms in total. The van der Waals surface area contributed by atoms with Gasteiger partial charge in [0.2, 0.25) is 6.41 Å². The van der Waals surface area contributed by atoms with E-state index in [9.17, 15) is 9.59 Å². The number of thiazole rings is 1. The molecule has 0 aliphatic rings. The van der Waals surface area contributed by atoms with Crippen LogP contribution in [-0.2, 0) is 11.3 Å². The Morgan fingerprint density at radius 3 is 2.58 bits per heavy atom. The van der Waals surface area contributed by atoms with E-state index in [0.29, 0.717) is 6.54 Å². The van der Waals surface area contributed by atoms with Crippen molar-refractivity contribution in [1.82, 2.24) is 4.98 Å². The zero-order valence-corrected chi connectivity index (χ0v) is 11.1. The average molecular weight is 276 g/mol. The number of carbonyl (C=O) groups excluding carboxylic acids is 1. The van der Waals surface area contributed by atoms with Crippen molar-refractivity contribution in [3.63, 3.8) is 0 Å². The predicted molar refractivity (Wildman–Crippen MR) is 72.5 cm³/mol. The molecule has 1 heterocycles. The van der Waals surface area contributed by atoms with Crippen LogP contribution in [0, 0.1) is 6.92 Å². The maximum Gasteiger partial charge on any atom is 0.335 e. The van der Waals surface area contributed by atoms with Crippen LogP contribution in [-0.4, -0.2) is 22.5 Å². The highest BCUT2D eigenvalue weighted by molar-refractivity contribution is 7.14. The summed E-state index contributed by atoms with van der Waals surface area (Å²) in [6.07, 6.45) is 0.756. The molecule has 0 bridgehead atoms. The van der Waals surface area contributed by atoms with Crippen LogP contribution in [0.15, 0.2) is 29.8 Å². The normalized spacial score (nSPS) is 10.2. The molecule has 0 aliphatic carbocycles. The zero-order chi connectivity index (χ0) is 13.8. The number of carbonyl (C=O) groups is 2. The maximum absolute atomic E-state index is 11.1. The summed E-state index contributed by atoms with van der Waals surface area (Å²) in [5.41, 5.74) is 3.59. The lowest BCUT2D eigenvalue weighted by Crippen LogP contribution is -2.20. The molecule has 0 unspecified atom stereocenters. The first-order valence-corrected chi connectivity index (χ1v) is 6.44. The Hall–Kier alpha value is -2.21.